The van der Waals surface area contributed by atoms with E-state index in [1.165, 1.54) is 18.4 Å². The zero-order chi connectivity index (χ0) is 7.84. The highest BCUT2D eigenvalue weighted by molar-refractivity contribution is 9.10. The number of halogens is 1. The number of aromatic nitrogens is 1. The summed E-state index contributed by atoms with van der Waals surface area (Å²) in [7, 11) is 0. The Bertz CT molecular complexity index is 281. The molecule has 1 saturated carbocycles. The lowest BCUT2D eigenvalue weighted by Crippen LogP contribution is -1.92. The van der Waals surface area contributed by atoms with Gasteiger partial charge in [0.05, 0.1) is 4.47 Å². The SMILES string of the molecule is Nc1ncc(C2CC2)cc1Br. The van der Waals surface area contributed by atoms with Crippen LogP contribution < -0.4 is 5.73 Å². The van der Waals surface area contributed by atoms with Crippen LogP contribution in [0.3, 0.4) is 0 Å². The molecule has 0 spiro atoms. The Morgan fingerprint density at radius 3 is 2.82 bits per heavy atom. The summed E-state index contributed by atoms with van der Waals surface area (Å²) in [5, 5.41) is 0. The molecule has 11 heavy (non-hydrogen) atoms. The van der Waals surface area contributed by atoms with Crippen molar-refractivity contribution in [2.24, 2.45) is 0 Å². The van der Waals surface area contributed by atoms with Crippen LogP contribution >= 0.6 is 15.9 Å². The molecule has 2 nitrogen and oxygen atoms in total. The Kier molecular flexibility index (Phi) is 1.60. The minimum Gasteiger partial charge on any atom is -0.383 e. The van der Waals surface area contributed by atoms with Crippen LogP contribution in [0.25, 0.3) is 0 Å². The van der Waals surface area contributed by atoms with E-state index in [9.17, 15) is 0 Å². The maximum Gasteiger partial charge on any atom is 0.137 e. The molecule has 1 heterocycles. The monoisotopic (exact) mass is 212 g/mol. The number of hydrogen-bond acceptors (Lipinski definition) is 2. The molecule has 0 saturated heterocycles. The summed E-state index contributed by atoms with van der Waals surface area (Å²) in [5.41, 5.74) is 6.86. The van der Waals surface area contributed by atoms with Gasteiger partial charge in [-0.15, -0.1) is 0 Å². The minimum atomic E-state index is 0.578. The highest BCUT2D eigenvalue weighted by Gasteiger charge is 2.23. The van der Waals surface area contributed by atoms with Crippen LogP contribution in [0.2, 0.25) is 0 Å². The maximum absolute atomic E-state index is 5.55. The molecule has 1 aliphatic carbocycles. The summed E-state index contributed by atoms with van der Waals surface area (Å²) in [4.78, 5) is 4.07. The van der Waals surface area contributed by atoms with Crippen molar-refractivity contribution in [1.82, 2.24) is 4.98 Å². The first-order valence-corrected chi connectivity index (χ1v) is 4.47. The van der Waals surface area contributed by atoms with Crippen molar-refractivity contribution in [2.75, 3.05) is 5.73 Å². The first-order valence-electron chi connectivity index (χ1n) is 3.68. The first kappa shape index (κ1) is 7.10. The summed E-state index contributed by atoms with van der Waals surface area (Å²) in [6.45, 7) is 0. The lowest BCUT2D eigenvalue weighted by atomic mass is 10.2. The summed E-state index contributed by atoms with van der Waals surface area (Å²) in [6.07, 6.45) is 4.48. The van der Waals surface area contributed by atoms with Crippen LogP contribution in [0, 0.1) is 0 Å². The summed E-state index contributed by atoms with van der Waals surface area (Å²) in [6, 6.07) is 2.07. The fraction of sp³-hybridized carbons (Fsp3) is 0.375. The zero-order valence-corrected chi connectivity index (χ0v) is 7.63. The molecule has 0 amide bonds. The van der Waals surface area contributed by atoms with Gasteiger partial charge in [-0.25, -0.2) is 4.98 Å². The van der Waals surface area contributed by atoms with Crippen molar-refractivity contribution in [3.63, 3.8) is 0 Å². The number of nitrogens with two attached hydrogens (primary N) is 1. The molecule has 1 aromatic heterocycles. The lowest BCUT2D eigenvalue weighted by Gasteiger charge is -1.99. The second kappa shape index (κ2) is 2.48. The van der Waals surface area contributed by atoms with E-state index in [0.717, 1.165) is 10.4 Å². The van der Waals surface area contributed by atoms with Crippen LogP contribution in [0.15, 0.2) is 16.7 Å². The smallest absolute Gasteiger partial charge is 0.137 e. The number of anilines is 1. The quantitative estimate of drug-likeness (QED) is 0.777. The van der Waals surface area contributed by atoms with Crippen molar-refractivity contribution in [3.8, 4) is 0 Å². The van der Waals surface area contributed by atoms with Crippen molar-refractivity contribution in [3.05, 3.63) is 22.3 Å². The van der Waals surface area contributed by atoms with Crippen molar-refractivity contribution < 1.29 is 0 Å². The van der Waals surface area contributed by atoms with Crippen molar-refractivity contribution in [2.45, 2.75) is 18.8 Å². The zero-order valence-electron chi connectivity index (χ0n) is 6.05. The number of nitrogen functional groups attached to an aromatic ring is 1. The Morgan fingerprint density at radius 2 is 2.27 bits per heavy atom. The first-order chi connectivity index (χ1) is 5.27. The van der Waals surface area contributed by atoms with Crippen LogP contribution in [0.5, 0.6) is 0 Å². The van der Waals surface area contributed by atoms with Gasteiger partial charge in [0, 0.05) is 6.20 Å². The molecule has 0 atom stereocenters. The molecule has 1 aromatic rings. The molecule has 0 aromatic carbocycles. The fourth-order valence-electron chi connectivity index (χ4n) is 1.10. The highest BCUT2D eigenvalue weighted by Crippen LogP contribution is 2.40. The summed E-state index contributed by atoms with van der Waals surface area (Å²) < 4.78 is 0.918. The average molecular weight is 213 g/mol. The minimum absolute atomic E-state index is 0.578. The predicted molar refractivity (Wildman–Crippen MR) is 48.3 cm³/mol. The second-order valence-corrected chi connectivity index (χ2v) is 3.76. The number of pyridine rings is 1. The molecule has 0 radical (unpaired) electrons. The van der Waals surface area contributed by atoms with Crippen molar-refractivity contribution in [1.29, 1.82) is 0 Å². The maximum atomic E-state index is 5.55. The molecule has 3 heteroatoms. The molecule has 1 fully saturated rings. The number of hydrogen-bond donors (Lipinski definition) is 1. The lowest BCUT2D eigenvalue weighted by molar-refractivity contribution is 1.09. The average Bonchev–Trinajstić information content (AvgIpc) is 2.77. The van der Waals surface area contributed by atoms with Gasteiger partial charge >= 0.3 is 0 Å². The van der Waals surface area contributed by atoms with Crippen LogP contribution in [-0.4, -0.2) is 4.98 Å². The number of nitrogens with zero attached hydrogens (tertiary/aromatic N) is 1. The van der Waals surface area contributed by atoms with Gasteiger partial charge in [-0.3, -0.25) is 0 Å². The van der Waals surface area contributed by atoms with E-state index in [0.29, 0.717) is 5.82 Å². The van der Waals surface area contributed by atoms with E-state index in [4.69, 9.17) is 5.73 Å². The molecule has 2 rings (SSSR count). The predicted octanol–water partition coefficient (Wildman–Crippen LogP) is 2.30. The van der Waals surface area contributed by atoms with Gasteiger partial charge in [-0.05, 0) is 46.3 Å². The largest absolute Gasteiger partial charge is 0.383 e. The van der Waals surface area contributed by atoms with E-state index in [1.54, 1.807) is 0 Å². The van der Waals surface area contributed by atoms with Crippen LogP contribution in [0.4, 0.5) is 5.82 Å². The second-order valence-electron chi connectivity index (χ2n) is 2.91. The molecular formula is C8H9BrN2. The Morgan fingerprint density at radius 1 is 1.55 bits per heavy atom. The van der Waals surface area contributed by atoms with E-state index in [2.05, 4.69) is 27.0 Å². The molecule has 2 N–H and O–H groups in total. The van der Waals surface area contributed by atoms with Gasteiger partial charge in [-0.2, -0.15) is 0 Å². The van der Waals surface area contributed by atoms with E-state index < -0.39 is 0 Å². The standard InChI is InChI=1S/C8H9BrN2/c9-7-3-6(5-1-2-5)4-11-8(7)10/h3-5H,1-2H2,(H2,10,11). The number of rotatable bonds is 1. The van der Waals surface area contributed by atoms with Gasteiger partial charge in [-0.1, -0.05) is 0 Å². The highest BCUT2D eigenvalue weighted by atomic mass is 79.9. The molecule has 1 aliphatic rings. The van der Waals surface area contributed by atoms with E-state index in [-0.39, 0.29) is 0 Å². The molecule has 0 aliphatic heterocycles. The molecule has 0 bridgehead atoms. The van der Waals surface area contributed by atoms with Crippen LogP contribution in [-0.2, 0) is 0 Å². The van der Waals surface area contributed by atoms with Gasteiger partial charge < -0.3 is 5.73 Å². The third kappa shape index (κ3) is 1.38. The third-order valence-electron chi connectivity index (χ3n) is 1.94. The normalized spacial score (nSPS) is 16.8. The van der Waals surface area contributed by atoms with Gasteiger partial charge in [0.2, 0.25) is 0 Å². The van der Waals surface area contributed by atoms with Crippen LogP contribution in [0.1, 0.15) is 24.3 Å². The van der Waals surface area contributed by atoms with Gasteiger partial charge in [0.1, 0.15) is 5.82 Å². The van der Waals surface area contributed by atoms with E-state index in [1.807, 2.05) is 6.20 Å². The Balaban J connectivity index is 2.36. The Hall–Kier alpha value is -0.570. The molecule has 0 unspecified atom stereocenters. The fourth-order valence-corrected chi connectivity index (χ4v) is 1.47. The summed E-state index contributed by atoms with van der Waals surface area (Å²) >= 11 is 3.35. The molecule has 58 valence electrons. The van der Waals surface area contributed by atoms with Gasteiger partial charge in [0.15, 0.2) is 0 Å². The van der Waals surface area contributed by atoms with E-state index >= 15 is 0 Å². The topological polar surface area (TPSA) is 38.9 Å². The third-order valence-corrected chi connectivity index (χ3v) is 2.57. The van der Waals surface area contributed by atoms with Crippen molar-refractivity contribution >= 4 is 21.7 Å². The molecular weight excluding hydrogens is 204 g/mol. The Labute approximate surface area is 73.9 Å². The summed E-state index contributed by atoms with van der Waals surface area (Å²) in [5.74, 6) is 1.33. The van der Waals surface area contributed by atoms with Gasteiger partial charge in [0.25, 0.3) is 0 Å².